The third kappa shape index (κ3) is 5.55. The van der Waals surface area contributed by atoms with Crippen molar-refractivity contribution in [3.63, 3.8) is 0 Å². The summed E-state index contributed by atoms with van der Waals surface area (Å²) in [6.45, 7) is 0.518. The summed E-state index contributed by atoms with van der Waals surface area (Å²) in [5.41, 5.74) is 1.98. The van der Waals surface area contributed by atoms with Gasteiger partial charge in [-0.3, -0.25) is 9.59 Å². The molecule has 0 radical (unpaired) electrons. The standard InChI is InChI=1S/C23H24ClN5O4/c1-32-19-7-5-17(24)15-8-10-26-20(30)3-2-9-25-21(31)12-33-14-4-6-18-16(11-14)23(28-13-27-18)29-22(15)19/h4-6,8,11,13,19H,2-3,7,9-10,12H2,1H3,(H,25,31)(H,26,30)/b15-8-,29-22+. The van der Waals surface area contributed by atoms with Crippen molar-refractivity contribution in [2.75, 3.05) is 26.8 Å². The Morgan fingerprint density at radius 1 is 1.15 bits per heavy atom. The number of aliphatic imine (C=N–C) groups is 1. The number of nitrogens with zero attached hydrogens (tertiary/aromatic N) is 3. The van der Waals surface area contributed by atoms with Crippen LogP contribution < -0.4 is 15.4 Å². The highest BCUT2D eigenvalue weighted by Crippen LogP contribution is 2.31. The van der Waals surface area contributed by atoms with Gasteiger partial charge in [-0.2, -0.15) is 0 Å². The summed E-state index contributed by atoms with van der Waals surface area (Å²) < 4.78 is 11.3. The van der Waals surface area contributed by atoms with Gasteiger partial charge in [-0.15, -0.1) is 0 Å². The molecule has 0 spiro atoms. The summed E-state index contributed by atoms with van der Waals surface area (Å²) >= 11 is 6.52. The summed E-state index contributed by atoms with van der Waals surface area (Å²) in [6, 6.07) is 5.29. The van der Waals surface area contributed by atoms with Crippen LogP contribution >= 0.6 is 11.6 Å². The number of nitrogens with one attached hydrogen (secondary N) is 2. The normalized spacial score (nSPS) is 23.5. The first kappa shape index (κ1) is 22.9. The lowest BCUT2D eigenvalue weighted by Crippen LogP contribution is -2.31. The highest BCUT2D eigenvalue weighted by molar-refractivity contribution is 6.37. The molecule has 1 aliphatic heterocycles. The van der Waals surface area contributed by atoms with Gasteiger partial charge >= 0.3 is 0 Å². The second-order valence-corrected chi connectivity index (χ2v) is 7.96. The van der Waals surface area contributed by atoms with E-state index >= 15 is 0 Å². The van der Waals surface area contributed by atoms with Crippen LogP contribution in [0.5, 0.6) is 5.75 Å². The van der Waals surface area contributed by atoms with Crippen LogP contribution in [-0.4, -0.2) is 60.4 Å². The van der Waals surface area contributed by atoms with Gasteiger partial charge in [0.1, 0.15) is 18.2 Å². The number of carbonyl (C=O) groups is 2. The highest BCUT2D eigenvalue weighted by Gasteiger charge is 2.26. The number of amides is 2. The molecule has 0 fully saturated rings. The Morgan fingerprint density at radius 2 is 2.03 bits per heavy atom. The van der Waals surface area contributed by atoms with E-state index in [1.807, 2.05) is 12.2 Å². The first-order valence-corrected chi connectivity index (χ1v) is 11.0. The number of hydrogen-bond acceptors (Lipinski definition) is 7. The minimum atomic E-state index is -0.326. The predicted molar refractivity (Wildman–Crippen MR) is 125 cm³/mol. The zero-order chi connectivity index (χ0) is 23.2. The molecule has 1 aromatic carbocycles. The average Bonchev–Trinajstić information content (AvgIpc) is 2.82. The van der Waals surface area contributed by atoms with E-state index in [9.17, 15) is 9.59 Å². The second-order valence-electron chi connectivity index (χ2n) is 7.55. The summed E-state index contributed by atoms with van der Waals surface area (Å²) in [7, 11) is 1.61. The summed E-state index contributed by atoms with van der Waals surface area (Å²) in [4.78, 5) is 37.7. The van der Waals surface area contributed by atoms with Crippen molar-refractivity contribution in [3.8, 4) is 5.75 Å². The topological polar surface area (TPSA) is 115 Å². The maximum absolute atomic E-state index is 12.2. The van der Waals surface area contributed by atoms with E-state index in [0.717, 1.165) is 0 Å². The third-order valence-corrected chi connectivity index (χ3v) is 5.68. The van der Waals surface area contributed by atoms with Crippen molar-refractivity contribution in [2.45, 2.75) is 25.4 Å². The van der Waals surface area contributed by atoms with Crippen molar-refractivity contribution < 1.29 is 19.1 Å². The number of methoxy groups -OCH3 is 1. The lowest BCUT2D eigenvalue weighted by atomic mass is 9.95. The van der Waals surface area contributed by atoms with Gasteiger partial charge in [-0.1, -0.05) is 23.8 Å². The fourth-order valence-electron chi connectivity index (χ4n) is 3.62. The van der Waals surface area contributed by atoms with Crippen molar-refractivity contribution in [2.24, 2.45) is 4.99 Å². The van der Waals surface area contributed by atoms with Crippen LogP contribution in [0.1, 0.15) is 19.3 Å². The molecular formula is C23H24ClN5O4. The van der Waals surface area contributed by atoms with E-state index in [2.05, 4.69) is 20.6 Å². The van der Waals surface area contributed by atoms with Crippen LogP contribution in [0, 0.1) is 0 Å². The number of rotatable bonds is 1. The van der Waals surface area contributed by atoms with E-state index in [4.69, 9.17) is 26.1 Å². The Morgan fingerprint density at radius 3 is 2.88 bits per heavy atom. The Hall–Kier alpha value is -3.30. The summed E-state index contributed by atoms with van der Waals surface area (Å²) in [6.07, 6.45) is 6.18. The molecule has 1 aromatic heterocycles. The van der Waals surface area contributed by atoms with Crippen molar-refractivity contribution in [3.05, 3.63) is 47.3 Å². The third-order valence-electron chi connectivity index (χ3n) is 5.32. The van der Waals surface area contributed by atoms with E-state index < -0.39 is 0 Å². The molecule has 0 saturated carbocycles. The molecule has 33 heavy (non-hydrogen) atoms. The summed E-state index contributed by atoms with van der Waals surface area (Å²) in [5.74, 6) is 0.536. The van der Waals surface area contributed by atoms with Gasteiger partial charge in [-0.05, 0) is 31.0 Å². The molecule has 2 aromatic rings. The number of halogens is 1. The van der Waals surface area contributed by atoms with Gasteiger partial charge in [0.25, 0.3) is 5.91 Å². The zero-order valence-corrected chi connectivity index (χ0v) is 18.9. The number of aromatic nitrogens is 2. The molecule has 10 heteroatoms. The minimum Gasteiger partial charge on any atom is -0.484 e. The molecule has 2 N–H and O–H groups in total. The van der Waals surface area contributed by atoms with Gasteiger partial charge in [0.15, 0.2) is 12.4 Å². The van der Waals surface area contributed by atoms with Gasteiger partial charge in [0.05, 0.1) is 11.2 Å². The monoisotopic (exact) mass is 469 g/mol. The molecule has 9 nitrogen and oxygen atoms in total. The van der Waals surface area contributed by atoms with Gasteiger partial charge in [0.2, 0.25) is 5.91 Å². The smallest absolute Gasteiger partial charge is 0.257 e. The quantitative estimate of drug-likeness (QED) is 0.663. The minimum absolute atomic E-state index is 0.122. The fourth-order valence-corrected chi connectivity index (χ4v) is 3.88. The van der Waals surface area contributed by atoms with Crippen molar-refractivity contribution >= 4 is 45.8 Å². The number of carbonyl (C=O) groups excluding carboxylic acids is 2. The van der Waals surface area contributed by atoms with Crippen LogP contribution in [0.2, 0.25) is 0 Å². The highest BCUT2D eigenvalue weighted by atomic mass is 35.5. The van der Waals surface area contributed by atoms with Gasteiger partial charge in [0, 0.05) is 42.6 Å². The maximum Gasteiger partial charge on any atom is 0.257 e. The molecule has 172 valence electrons. The fraction of sp³-hybridized carbons (Fsp3) is 0.348. The molecule has 2 heterocycles. The van der Waals surface area contributed by atoms with Crippen LogP contribution in [0.25, 0.3) is 10.9 Å². The Bertz CT molecular complexity index is 1160. The Kier molecular flexibility index (Phi) is 7.31. The molecular weight excluding hydrogens is 446 g/mol. The SMILES string of the molecule is COC1CC=C(Cl)C2=C/CNC(=O)CCCNC(=O)COc3ccc4ncnc(c4c3)/N=C\21. The lowest BCUT2D eigenvalue weighted by molar-refractivity contribution is -0.124. The van der Waals surface area contributed by atoms with Gasteiger partial charge < -0.3 is 20.1 Å². The van der Waals surface area contributed by atoms with Crippen LogP contribution in [0.4, 0.5) is 5.82 Å². The van der Waals surface area contributed by atoms with Crippen LogP contribution in [0.15, 0.2) is 52.3 Å². The largest absolute Gasteiger partial charge is 0.484 e. The molecule has 1 unspecified atom stereocenters. The molecule has 1 atom stereocenters. The second kappa shape index (κ2) is 10.5. The van der Waals surface area contributed by atoms with Crippen LogP contribution in [0.3, 0.4) is 0 Å². The first-order valence-electron chi connectivity index (χ1n) is 10.6. The predicted octanol–water partition coefficient (Wildman–Crippen LogP) is 2.58. The zero-order valence-electron chi connectivity index (χ0n) is 18.1. The van der Waals surface area contributed by atoms with E-state index in [1.54, 1.807) is 25.3 Å². The number of fused-ring (bicyclic) bond motifs is 2. The Labute approximate surface area is 195 Å². The molecule has 4 rings (SSSR count). The first-order chi connectivity index (χ1) is 16.0. The van der Waals surface area contributed by atoms with Crippen LogP contribution in [-0.2, 0) is 14.3 Å². The molecule has 0 saturated heterocycles. The average molecular weight is 470 g/mol. The number of ether oxygens (including phenoxy) is 2. The lowest BCUT2D eigenvalue weighted by Gasteiger charge is -2.24. The van der Waals surface area contributed by atoms with Crippen molar-refractivity contribution in [1.29, 1.82) is 0 Å². The molecule has 2 bridgehead atoms. The number of allylic oxidation sites excluding steroid dienone is 1. The number of hydrogen-bond donors (Lipinski definition) is 2. The number of benzene rings is 1. The molecule has 2 amide bonds. The molecule has 1 aliphatic carbocycles. The molecule has 2 aliphatic rings. The Balaban J connectivity index is 1.80. The van der Waals surface area contributed by atoms with E-state index in [0.29, 0.717) is 58.2 Å². The maximum atomic E-state index is 12.2. The van der Waals surface area contributed by atoms with E-state index in [1.165, 1.54) is 6.33 Å². The summed E-state index contributed by atoms with van der Waals surface area (Å²) in [5, 5.41) is 6.80. The van der Waals surface area contributed by atoms with Gasteiger partial charge in [-0.25, -0.2) is 15.0 Å². The van der Waals surface area contributed by atoms with E-state index in [-0.39, 0.29) is 37.5 Å². The van der Waals surface area contributed by atoms with Crippen molar-refractivity contribution in [1.82, 2.24) is 20.6 Å².